The Morgan fingerprint density at radius 2 is 2.00 bits per heavy atom. The molecule has 42 valence electrons. The second-order valence-corrected chi connectivity index (χ2v) is 3.00. The number of rotatable bonds is 0. The molecule has 1 nitrogen and oxygen atoms in total. The molecule has 0 saturated carbocycles. The Morgan fingerprint density at radius 3 is 2.38 bits per heavy atom. The van der Waals surface area contributed by atoms with Gasteiger partial charge in [0, 0.05) is 16.9 Å². The third-order valence-electron chi connectivity index (χ3n) is 0.723. The zero-order chi connectivity index (χ0) is 5.98. The lowest BCUT2D eigenvalue weighted by Gasteiger charge is -1.88. The molecule has 1 rings (SSSR count). The second kappa shape index (κ2) is 2.60. The Morgan fingerprint density at radius 1 is 1.25 bits per heavy atom. The van der Waals surface area contributed by atoms with Crippen LogP contribution in [0.25, 0.3) is 0 Å². The Hall–Kier alpha value is 0.110. The van der Waals surface area contributed by atoms with Crippen molar-refractivity contribution in [2.75, 3.05) is 0 Å². The van der Waals surface area contributed by atoms with Crippen molar-refractivity contribution in [2.45, 2.75) is 0 Å². The van der Waals surface area contributed by atoms with Gasteiger partial charge in [-0.05, 0) is 37.9 Å². The van der Waals surface area contributed by atoms with Crippen LogP contribution in [-0.2, 0) is 0 Å². The molecule has 0 N–H and O–H groups in total. The van der Waals surface area contributed by atoms with Gasteiger partial charge in [0.05, 0.1) is 4.47 Å². The summed E-state index contributed by atoms with van der Waals surface area (Å²) >= 11 is 6.59. The Balaban J connectivity index is 3.13. The Kier molecular flexibility index (Phi) is 2.02. The van der Waals surface area contributed by atoms with E-state index in [1.54, 1.807) is 12.4 Å². The molecular formula is C5H3Br2N. The minimum atomic E-state index is 0.986. The van der Waals surface area contributed by atoms with Gasteiger partial charge < -0.3 is 0 Å². The van der Waals surface area contributed by atoms with Gasteiger partial charge in [-0.1, -0.05) is 0 Å². The standard InChI is InChI=1S/C5H3Br2N/c6-4-1-2-8-3-5(4)7/h1-3H. The van der Waals surface area contributed by atoms with Gasteiger partial charge in [-0.2, -0.15) is 0 Å². The first-order valence-electron chi connectivity index (χ1n) is 2.06. The molecule has 1 heterocycles. The largest absolute Gasteiger partial charge is 0.263 e. The molecule has 1 aromatic heterocycles. The van der Waals surface area contributed by atoms with E-state index in [-0.39, 0.29) is 0 Å². The average molecular weight is 237 g/mol. The molecule has 0 radical (unpaired) electrons. The number of halogens is 2. The smallest absolute Gasteiger partial charge is 0.0500 e. The third-order valence-corrected chi connectivity index (χ3v) is 2.58. The first-order chi connectivity index (χ1) is 3.80. The highest BCUT2D eigenvalue weighted by Gasteiger charge is 1.89. The lowest BCUT2D eigenvalue weighted by Crippen LogP contribution is -1.69. The third kappa shape index (κ3) is 1.29. The Labute approximate surface area is 64.4 Å². The van der Waals surface area contributed by atoms with Gasteiger partial charge in [0.2, 0.25) is 0 Å². The molecule has 0 aliphatic rings. The van der Waals surface area contributed by atoms with Crippen molar-refractivity contribution in [3.8, 4) is 0 Å². The maximum absolute atomic E-state index is 3.87. The van der Waals surface area contributed by atoms with Crippen LogP contribution in [0.4, 0.5) is 0 Å². The van der Waals surface area contributed by atoms with E-state index in [9.17, 15) is 0 Å². The fourth-order valence-electron chi connectivity index (χ4n) is 0.358. The zero-order valence-electron chi connectivity index (χ0n) is 3.94. The van der Waals surface area contributed by atoms with Crippen LogP contribution in [0.15, 0.2) is 27.4 Å². The van der Waals surface area contributed by atoms with Crippen molar-refractivity contribution in [2.24, 2.45) is 0 Å². The fourth-order valence-corrected chi connectivity index (χ4v) is 0.829. The molecule has 0 aliphatic carbocycles. The first kappa shape index (κ1) is 6.23. The molecule has 0 saturated heterocycles. The van der Waals surface area contributed by atoms with E-state index in [0.29, 0.717) is 0 Å². The highest BCUT2D eigenvalue weighted by molar-refractivity contribution is 9.13. The predicted molar refractivity (Wildman–Crippen MR) is 39.6 cm³/mol. The quantitative estimate of drug-likeness (QED) is 0.675. The highest BCUT2D eigenvalue weighted by atomic mass is 79.9. The lowest BCUT2D eigenvalue weighted by atomic mass is 10.5. The van der Waals surface area contributed by atoms with Crippen LogP contribution >= 0.6 is 31.9 Å². The molecule has 0 spiro atoms. The summed E-state index contributed by atoms with van der Waals surface area (Å²) in [5.74, 6) is 0. The van der Waals surface area contributed by atoms with Crippen LogP contribution in [0.1, 0.15) is 0 Å². The van der Waals surface area contributed by atoms with Crippen LogP contribution in [-0.4, -0.2) is 4.98 Å². The highest BCUT2D eigenvalue weighted by Crippen LogP contribution is 2.19. The molecule has 0 atom stereocenters. The molecule has 0 fully saturated rings. The molecule has 3 heteroatoms. The second-order valence-electron chi connectivity index (χ2n) is 1.29. The molecule has 0 aromatic carbocycles. The van der Waals surface area contributed by atoms with Gasteiger partial charge in [0.15, 0.2) is 0 Å². The average Bonchev–Trinajstić information content (AvgIpc) is 1.77. The van der Waals surface area contributed by atoms with E-state index in [1.165, 1.54) is 0 Å². The van der Waals surface area contributed by atoms with Gasteiger partial charge in [-0.25, -0.2) is 0 Å². The zero-order valence-corrected chi connectivity index (χ0v) is 7.11. The van der Waals surface area contributed by atoms with Crippen LogP contribution in [0.2, 0.25) is 0 Å². The number of hydrogen-bond donors (Lipinski definition) is 0. The van der Waals surface area contributed by atoms with Gasteiger partial charge in [0.25, 0.3) is 0 Å². The van der Waals surface area contributed by atoms with Crippen molar-refractivity contribution in [3.63, 3.8) is 0 Å². The summed E-state index contributed by atoms with van der Waals surface area (Å²) in [6.45, 7) is 0. The number of aromatic nitrogens is 1. The predicted octanol–water partition coefficient (Wildman–Crippen LogP) is 2.61. The molecule has 0 aliphatic heterocycles. The van der Waals surface area contributed by atoms with Gasteiger partial charge in [-0.15, -0.1) is 0 Å². The fraction of sp³-hybridized carbons (Fsp3) is 0. The van der Waals surface area contributed by atoms with Crippen molar-refractivity contribution >= 4 is 31.9 Å². The normalized spacial score (nSPS) is 9.25. The summed E-state index contributed by atoms with van der Waals surface area (Å²) in [6.07, 6.45) is 3.47. The summed E-state index contributed by atoms with van der Waals surface area (Å²) in [5.41, 5.74) is 0. The van der Waals surface area contributed by atoms with Crippen LogP contribution in [0.3, 0.4) is 0 Å². The minimum absolute atomic E-state index is 0.986. The van der Waals surface area contributed by atoms with Crippen molar-refractivity contribution in [3.05, 3.63) is 27.4 Å². The van der Waals surface area contributed by atoms with E-state index in [0.717, 1.165) is 8.95 Å². The molecule has 0 unspecified atom stereocenters. The topological polar surface area (TPSA) is 12.9 Å². The van der Waals surface area contributed by atoms with Gasteiger partial charge >= 0.3 is 0 Å². The maximum atomic E-state index is 3.87. The summed E-state index contributed by atoms with van der Waals surface area (Å²) in [7, 11) is 0. The Bertz CT molecular complexity index is 167. The molecular weight excluding hydrogens is 234 g/mol. The van der Waals surface area contributed by atoms with E-state index in [4.69, 9.17) is 0 Å². The van der Waals surface area contributed by atoms with Crippen LogP contribution < -0.4 is 0 Å². The van der Waals surface area contributed by atoms with Crippen LogP contribution in [0.5, 0.6) is 0 Å². The summed E-state index contributed by atoms with van der Waals surface area (Å²) in [4.78, 5) is 3.87. The van der Waals surface area contributed by atoms with Crippen LogP contribution in [0, 0.1) is 0 Å². The van der Waals surface area contributed by atoms with Crippen molar-refractivity contribution in [1.82, 2.24) is 4.98 Å². The van der Waals surface area contributed by atoms with Gasteiger partial charge in [-0.3, -0.25) is 4.98 Å². The van der Waals surface area contributed by atoms with E-state index < -0.39 is 0 Å². The van der Waals surface area contributed by atoms with Crippen molar-refractivity contribution < 1.29 is 0 Å². The molecule has 0 amide bonds. The monoisotopic (exact) mass is 235 g/mol. The summed E-state index contributed by atoms with van der Waals surface area (Å²) in [6, 6.07) is 1.88. The SMILES string of the molecule is Brc1ccncc1Br. The van der Waals surface area contributed by atoms with E-state index >= 15 is 0 Å². The minimum Gasteiger partial charge on any atom is -0.263 e. The number of pyridine rings is 1. The van der Waals surface area contributed by atoms with Gasteiger partial charge in [0.1, 0.15) is 0 Å². The number of hydrogen-bond acceptors (Lipinski definition) is 1. The molecule has 0 bridgehead atoms. The number of nitrogens with zero attached hydrogens (tertiary/aromatic N) is 1. The summed E-state index contributed by atoms with van der Waals surface area (Å²) in [5, 5.41) is 0. The van der Waals surface area contributed by atoms with E-state index in [1.807, 2.05) is 6.07 Å². The molecule has 1 aromatic rings. The summed E-state index contributed by atoms with van der Waals surface area (Å²) < 4.78 is 2.02. The molecule has 8 heavy (non-hydrogen) atoms. The maximum Gasteiger partial charge on any atom is 0.0500 e. The first-order valence-corrected chi connectivity index (χ1v) is 3.64. The van der Waals surface area contributed by atoms with E-state index in [2.05, 4.69) is 36.8 Å². The van der Waals surface area contributed by atoms with Crippen molar-refractivity contribution in [1.29, 1.82) is 0 Å². The lowest BCUT2D eigenvalue weighted by molar-refractivity contribution is 1.29.